The molecule has 1 saturated heterocycles. The van der Waals surface area contributed by atoms with Crippen molar-refractivity contribution in [1.82, 2.24) is 25.3 Å². The van der Waals surface area contributed by atoms with E-state index in [0.717, 1.165) is 15.9 Å². The summed E-state index contributed by atoms with van der Waals surface area (Å²) in [5, 5.41) is 10.6. The number of rotatable bonds is 4. The van der Waals surface area contributed by atoms with Crippen LogP contribution >= 0.6 is 11.3 Å². The van der Waals surface area contributed by atoms with Crippen molar-refractivity contribution < 1.29 is 18.0 Å². The number of amides is 1. The third-order valence-corrected chi connectivity index (χ3v) is 5.55. The van der Waals surface area contributed by atoms with Crippen molar-refractivity contribution in [3.63, 3.8) is 0 Å². The van der Waals surface area contributed by atoms with Crippen LogP contribution in [0.25, 0.3) is 10.2 Å². The van der Waals surface area contributed by atoms with Gasteiger partial charge in [-0.2, -0.15) is 18.3 Å². The number of carbonyl (C=O) groups is 1. The molecule has 25 heavy (non-hydrogen) atoms. The Bertz CT molecular complexity index is 729. The number of nitrogens with zero attached hydrogens (tertiary/aromatic N) is 3. The summed E-state index contributed by atoms with van der Waals surface area (Å²) >= 11 is 1.23. The van der Waals surface area contributed by atoms with Gasteiger partial charge in [-0.25, -0.2) is 0 Å². The highest BCUT2D eigenvalue weighted by Gasteiger charge is 2.43. The minimum Gasteiger partial charge on any atom is -0.349 e. The maximum absolute atomic E-state index is 13.4. The van der Waals surface area contributed by atoms with Gasteiger partial charge in [0, 0.05) is 45.2 Å². The summed E-state index contributed by atoms with van der Waals surface area (Å²) in [4.78, 5) is 14.9. The number of aromatic nitrogens is 2. The zero-order valence-corrected chi connectivity index (χ0v) is 14.8. The Balaban J connectivity index is 1.70. The molecule has 0 radical (unpaired) electrons. The fourth-order valence-corrected chi connectivity index (χ4v) is 4.08. The molecule has 0 aromatic carbocycles. The Labute approximate surface area is 147 Å². The van der Waals surface area contributed by atoms with Crippen molar-refractivity contribution in [3.8, 4) is 0 Å². The number of piperazine rings is 1. The van der Waals surface area contributed by atoms with Crippen molar-refractivity contribution >= 4 is 27.5 Å². The van der Waals surface area contributed by atoms with E-state index in [4.69, 9.17) is 0 Å². The van der Waals surface area contributed by atoms with Crippen molar-refractivity contribution in [2.45, 2.75) is 19.1 Å². The first-order valence-electron chi connectivity index (χ1n) is 8.00. The molecule has 138 valence electrons. The maximum Gasteiger partial charge on any atom is 0.405 e. The van der Waals surface area contributed by atoms with Crippen LogP contribution in [0.3, 0.4) is 0 Å². The van der Waals surface area contributed by atoms with Crippen LogP contribution in [-0.4, -0.2) is 65.5 Å². The number of carbonyl (C=O) groups excluding carboxylic acids is 1. The minimum absolute atomic E-state index is 0.313. The lowest BCUT2D eigenvalue weighted by Crippen LogP contribution is -2.57. The first-order chi connectivity index (χ1) is 11.8. The second kappa shape index (κ2) is 6.93. The summed E-state index contributed by atoms with van der Waals surface area (Å²) in [6.45, 7) is 3.04. The molecule has 0 saturated carbocycles. The molecule has 1 atom stereocenters. The molecule has 6 nitrogen and oxygen atoms in total. The Morgan fingerprint density at radius 2 is 2.12 bits per heavy atom. The number of hydrogen-bond donors (Lipinski definition) is 2. The average Bonchev–Trinajstić information content (AvgIpc) is 3.09. The molecule has 0 aliphatic carbocycles. The molecule has 1 aliphatic heterocycles. The average molecular weight is 375 g/mol. The van der Waals surface area contributed by atoms with Crippen LogP contribution in [0.2, 0.25) is 0 Å². The highest BCUT2D eigenvalue weighted by Crippen LogP contribution is 2.28. The van der Waals surface area contributed by atoms with E-state index in [1.807, 2.05) is 6.92 Å². The zero-order valence-electron chi connectivity index (χ0n) is 14.0. The Morgan fingerprint density at radius 1 is 1.44 bits per heavy atom. The second-order valence-corrected chi connectivity index (χ2v) is 7.12. The Morgan fingerprint density at radius 3 is 2.72 bits per heavy atom. The molecule has 1 amide bonds. The quantitative estimate of drug-likeness (QED) is 0.851. The van der Waals surface area contributed by atoms with Crippen LogP contribution in [0.15, 0.2) is 6.07 Å². The molecule has 3 rings (SSSR count). The van der Waals surface area contributed by atoms with Gasteiger partial charge in [0.05, 0.1) is 10.6 Å². The van der Waals surface area contributed by atoms with Crippen LogP contribution in [0.1, 0.15) is 15.4 Å². The van der Waals surface area contributed by atoms with Gasteiger partial charge < -0.3 is 10.6 Å². The summed E-state index contributed by atoms with van der Waals surface area (Å²) in [7, 11) is 1.78. The lowest BCUT2D eigenvalue weighted by molar-refractivity contribution is -0.183. The van der Waals surface area contributed by atoms with E-state index in [1.165, 1.54) is 16.2 Å². The molecule has 3 heterocycles. The number of hydrogen-bond acceptors (Lipinski definition) is 5. The van der Waals surface area contributed by atoms with E-state index in [1.54, 1.807) is 17.8 Å². The molecule has 2 N–H and O–H groups in total. The molecule has 2 aromatic rings. The molecule has 0 bridgehead atoms. The number of nitrogens with one attached hydrogen (secondary N) is 2. The molecular weight excluding hydrogens is 355 g/mol. The SMILES string of the molecule is Cc1nn(C)c2sc(C(=O)NCC(N3CCNCC3)C(F)(F)F)cc12. The minimum atomic E-state index is -4.38. The van der Waals surface area contributed by atoms with Crippen LogP contribution < -0.4 is 10.6 Å². The van der Waals surface area contributed by atoms with Crippen molar-refractivity contribution in [3.05, 3.63) is 16.6 Å². The van der Waals surface area contributed by atoms with Gasteiger partial charge in [0.25, 0.3) is 5.91 Å². The third kappa shape index (κ3) is 3.80. The number of halogens is 3. The third-order valence-electron chi connectivity index (χ3n) is 4.35. The van der Waals surface area contributed by atoms with Gasteiger partial charge in [0.15, 0.2) is 0 Å². The van der Waals surface area contributed by atoms with E-state index in [-0.39, 0.29) is 0 Å². The normalized spacial score (nSPS) is 17.8. The van der Waals surface area contributed by atoms with E-state index in [0.29, 0.717) is 31.1 Å². The van der Waals surface area contributed by atoms with Crippen LogP contribution in [0, 0.1) is 6.92 Å². The van der Waals surface area contributed by atoms with Gasteiger partial charge in [-0.3, -0.25) is 14.4 Å². The number of thiophene rings is 1. The van der Waals surface area contributed by atoms with Gasteiger partial charge in [0.2, 0.25) is 0 Å². The molecule has 1 fully saturated rings. The second-order valence-electron chi connectivity index (χ2n) is 6.09. The summed E-state index contributed by atoms with van der Waals surface area (Å²) < 4.78 is 41.7. The number of fused-ring (bicyclic) bond motifs is 1. The topological polar surface area (TPSA) is 62.2 Å². The van der Waals surface area contributed by atoms with Crippen LogP contribution in [0.5, 0.6) is 0 Å². The van der Waals surface area contributed by atoms with E-state index >= 15 is 0 Å². The Kier molecular flexibility index (Phi) is 5.03. The lowest BCUT2D eigenvalue weighted by atomic mass is 10.2. The summed E-state index contributed by atoms with van der Waals surface area (Å²) in [6.07, 6.45) is -4.38. The summed E-state index contributed by atoms with van der Waals surface area (Å²) in [5.74, 6) is -0.481. The standard InChI is InChI=1S/C15H20F3N5OS/c1-9-10-7-11(25-14(10)22(2)21-9)13(24)20-8-12(15(16,17)18)23-5-3-19-4-6-23/h7,12,19H,3-6,8H2,1-2H3,(H,20,24). The first kappa shape index (κ1) is 18.2. The van der Waals surface area contributed by atoms with Gasteiger partial charge >= 0.3 is 6.18 Å². The molecule has 1 aliphatic rings. The highest BCUT2D eigenvalue weighted by molar-refractivity contribution is 7.20. The fourth-order valence-electron chi connectivity index (χ4n) is 3.04. The number of aryl methyl sites for hydroxylation is 2. The fraction of sp³-hybridized carbons (Fsp3) is 0.600. The molecule has 2 aromatic heterocycles. The summed E-state index contributed by atoms with van der Waals surface area (Å²) in [6, 6.07) is 0.0155. The maximum atomic E-state index is 13.4. The van der Waals surface area contributed by atoms with E-state index < -0.39 is 24.7 Å². The Hall–Kier alpha value is -1.65. The van der Waals surface area contributed by atoms with E-state index in [9.17, 15) is 18.0 Å². The zero-order chi connectivity index (χ0) is 18.2. The first-order valence-corrected chi connectivity index (χ1v) is 8.82. The highest BCUT2D eigenvalue weighted by atomic mass is 32.1. The molecule has 10 heteroatoms. The number of alkyl halides is 3. The molecule has 1 unspecified atom stereocenters. The summed E-state index contributed by atoms with van der Waals surface area (Å²) in [5.41, 5.74) is 0.793. The van der Waals surface area contributed by atoms with Gasteiger partial charge in [-0.1, -0.05) is 0 Å². The van der Waals surface area contributed by atoms with Gasteiger partial charge in [-0.15, -0.1) is 11.3 Å². The predicted octanol–water partition coefficient (Wildman–Crippen LogP) is 1.51. The van der Waals surface area contributed by atoms with Gasteiger partial charge in [-0.05, 0) is 13.0 Å². The monoisotopic (exact) mass is 375 g/mol. The largest absolute Gasteiger partial charge is 0.405 e. The smallest absolute Gasteiger partial charge is 0.349 e. The molecule has 0 spiro atoms. The molecular formula is C15H20F3N5OS. The van der Waals surface area contributed by atoms with Crippen LogP contribution in [-0.2, 0) is 7.05 Å². The van der Waals surface area contributed by atoms with Crippen molar-refractivity contribution in [2.75, 3.05) is 32.7 Å². The van der Waals surface area contributed by atoms with Crippen molar-refractivity contribution in [1.29, 1.82) is 0 Å². The van der Waals surface area contributed by atoms with Gasteiger partial charge in [0.1, 0.15) is 10.9 Å². The lowest BCUT2D eigenvalue weighted by Gasteiger charge is -2.35. The van der Waals surface area contributed by atoms with Crippen LogP contribution in [0.4, 0.5) is 13.2 Å². The van der Waals surface area contributed by atoms with Crippen molar-refractivity contribution in [2.24, 2.45) is 7.05 Å². The predicted molar refractivity (Wildman–Crippen MR) is 89.9 cm³/mol. The van der Waals surface area contributed by atoms with E-state index in [2.05, 4.69) is 15.7 Å².